The Morgan fingerprint density at radius 3 is 2.44 bits per heavy atom. The Morgan fingerprint density at radius 1 is 1.12 bits per heavy atom. The maximum Gasteiger partial charge on any atom is 0.236 e. The van der Waals surface area contributed by atoms with Crippen molar-refractivity contribution in [1.29, 1.82) is 0 Å². The van der Waals surface area contributed by atoms with Gasteiger partial charge in [0, 0.05) is 45.3 Å². The van der Waals surface area contributed by atoms with E-state index in [9.17, 15) is 9.18 Å². The maximum absolute atomic E-state index is 13.9. The van der Waals surface area contributed by atoms with Gasteiger partial charge in [0.2, 0.25) is 5.91 Å². The molecule has 1 aromatic rings. The third-order valence-corrected chi connectivity index (χ3v) is 4.95. The first kappa shape index (κ1) is 22.0. The molecule has 1 atom stereocenters. The molecule has 5 nitrogen and oxygen atoms in total. The number of amides is 1. The summed E-state index contributed by atoms with van der Waals surface area (Å²) in [4.78, 5) is 18.2. The van der Waals surface area contributed by atoms with Gasteiger partial charge in [-0.1, -0.05) is 12.1 Å². The number of hydrogen-bond acceptors (Lipinski definition) is 4. The van der Waals surface area contributed by atoms with Gasteiger partial charge in [-0.2, -0.15) is 0 Å². The van der Waals surface area contributed by atoms with Crippen LogP contribution in [0.25, 0.3) is 0 Å². The zero-order chi connectivity index (χ0) is 16.2. The Balaban J connectivity index is 0.00000156. The number of hydrogen-bond donors (Lipinski definition) is 1. The van der Waals surface area contributed by atoms with E-state index < -0.39 is 0 Å². The van der Waals surface area contributed by atoms with E-state index in [4.69, 9.17) is 5.73 Å². The lowest BCUT2D eigenvalue weighted by Gasteiger charge is -2.44. The molecule has 25 heavy (non-hydrogen) atoms. The first-order chi connectivity index (χ1) is 11.2. The monoisotopic (exact) mass is 392 g/mol. The SMILES string of the molecule is Cl.Cl.NCC(=O)N1CCCC(N2CCN(c3ccccc3F)CC2)C1. The van der Waals surface area contributed by atoms with Crippen molar-refractivity contribution < 1.29 is 9.18 Å². The number of carbonyl (C=O) groups is 1. The van der Waals surface area contributed by atoms with Crippen molar-refractivity contribution in [1.82, 2.24) is 9.80 Å². The van der Waals surface area contributed by atoms with E-state index in [1.165, 1.54) is 6.07 Å². The van der Waals surface area contributed by atoms with Crippen LogP contribution in [0.1, 0.15) is 12.8 Å². The van der Waals surface area contributed by atoms with Gasteiger partial charge in [0.25, 0.3) is 0 Å². The van der Waals surface area contributed by atoms with E-state index in [0.29, 0.717) is 11.7 Å². The fraction of sp³-hybridized carbons (Fsp3) is 0.588. The molecule has 2 heterocycles. The van der Waals surface area contributed by atoms with Crippen LogP contribution in [0.5, 0.6) is 0 Å². The summed E-state index contributed by atoms with van der Waals surface area (Å²) in [6.07, 6.45) is 2.15. The van der Waals surface area contributed by atoms with Crippen LogP contribution in [0.3, 0.4) is 0 Å². The maximum atomic E-state index is 13.9. The summed E-state index contributed by atoms with van der Waals surface area (Å²) in [5, 5.41) is 0. The molecule has 2 N–H and O–H groups in total. The van der Waals surface area contributed by atoms with Crippen molar-refractivity contribution in [3.8, 4) is 0 Å². The smallest absolute Gasteiger partial charge is 0.236 e. The Kier molecular flexibility index (Phi) is 8.93. The van der Waals surface area contributed by atoms with Crippen LogP contribution in [-0.2, 0) is 4.79 Å². The molecular weight excluding hydrogens is 366 g/mol. The molecular formula is C17H27Cl2FN4O. The van der Waals surface area contributed by atoms with Gasteiger partial charge in [0.15, 0.2) is 0 Å². The third-order valence-electron chi connectivity index (χ3n) is 4.95. The van der Waals surface area contributed by atoms with Crippen LogP contribution in [-0.4, -0.2) is 67.6 Å². The van der Waals surface area contributed by atoms with Gasteiger partial charge in [-0.25, -0.2) is 4.39 Å². The van der Waals surface area contributed by atoms with E-state index in [1.54, 1.807) is 6.07 Å². The minimum atomic E-state index is -0.154. The van der Waals surface area contributed by atoms with Crippen molar-refractivity contribution in [2.45, 2.75) is 18.9 Å². The lowest BCUT2D eigenvalue weighted by Crippen LogP contribution is -2.56. The van der Waals surface area contributed by atoms with Gasteiger partial charge in [0.1, 0.15) is 5.82 Å². The molecule has 1 amide bonds. The summed E-state index contributed by atoms with van der Waals surface area (Å²) in [5.74, 6) is -0.113. The number of halogens is 3. The van der Waals surface area contributed by atoms with E-state index in [-0.39, 0.29) is 43.1 Å². The number of rotatable bonds is 3. The molecule has 2 fully saturated rings. The number of piperidine rings is 1. The van der Waals surface area contributed by atoms with Crippen LogP contribution in [0, 0.1) is 5.82 Å². The Hall–Kier alpha value is -1.08. The summed E-state index contributed by atoms with van der Waals surface area (Å²) in [6, 6.07) is 7.36. The van der Waals surface area contributed by atoms with Crippen molar-refractivity contribution in [2.24, 2.45) is 5.73 Å². The van der Waals surface area contributed by atoms with Gasteiger partial charge in [0.05, 0.1) is 12.2 Å². The van der Waals surface area contributed by atoms with Crippen molar-refractivity contribution in [2.75, 3.05) is 50.7 Å². The number of nitrogens with two attached hydrogens (primary N) is 1. The highest BCUT2D eigenvalue weighted by atomic mass is 35.5. The Labute approximate surface area is 161 Å². The number of para-hydroxylation sites is 1. The summed E-state index contributed by atoms with van der Waals surface area (Å²) < 4.78 is 13.9. The Morgan fingerprint density at radius 2 is 1.80 bits per heavy atom. The highest BCUT2D eigenvalue weighted by molar-refractivity contribution is 5.85. The van der Waals surface area contributed by atoms with Crippen molar-refractivity contribution in [3.05, 3.63) is 30.1 Å². The molecule has 1 aromatic carbocycles. The second-order valence-corrected chi connectivity index (χ2v) is 6.31. The molecule has 0 aromatic heterocycles. The molecule has 0 saturated carbocycles. The Bertz CT molecular complexity index is 555. The number of nitrogens with zero attached hydrogens (tertiary/aromatic N) is 3. The second kappa shape index (κ2) is 10.2. The molecule has 2 aliphatic heterocycles. The normalized spacial score (nSPS) is 21.3. The van der Waals surface area contributed by atoms with Gasteiger partial charge >= 0.3 is 0 Å². The number of anilines is 1. The lowest BCUT2D eigenvalue weighted by molar-refractivity contribution is -0.131. The largest absolute Gasteiger partial charge is 0.367 e. The van der Waals surface area contributed by atoms with E-state index in [1.807, 2.05) is 17.0 Å². The zero-order valence-electron chi connectivity index (χ0n) is 14.3. The average Bonchev–Trinajstić information content (AvgIpc) is 2.62. The molecule has 0 aliphatic carbocycles. The van der Waals surface area contributed by atoms with Crippen LogP contribution >= 0.6 is 24.8 Å². The highest BCUT2D eigenvalue weighted by Crippen LogP contribution is 2.23. The zero-order valence-corrected chi connectivity index (χ0v) is 15.9. The molecule has 0 bridgehead atoms. The molecule has 3 rings (SSSR count). The fourth-order valence-corrected chi connectivity index (χ4v) is 3.64. The third kappa shape index (κ3) is 5.20. The number of benzene rings is 1. The van der Waals surface area contributed by atoms with Crippen LogP contribution < -0.4 is 10.6 Å². The minimum Gasteiger partial charge on any atom is -0.367 e. The van der Waals surface area contributed by atoms with Crippen molar-refractivity contribution >= 4 is 36.4 Å². The summed E-state index contributed by atoms with van der Waals surface area (Å²) >= 11 is 0. The van der Waals surface area contributed by atoms with Crippen molar-refractivity contribution in [3.63, 3.8) is 0 Å². The predicted octanol–water partition coefficient (Wildman–Crippen LogP) is 1.74. The molecule has 2 saturated heterocycles. The lowest BCUT2D eigenvalue weighted by atomic mass is 10.0. The molecule has 0 spiro atoms. The molecule has 8 heteroatoms. The highest BCUT2D eigenvalue weighted by Gasteiger charge is 2.29. The molecule has 142 valence electrons. The summed E-state index contributed by atoms with van der Waals surface area (Å²) in [7, 11) is 0. The van der Waals surface area contributed by atoms with E-state index in [0.717, 1.165) is 52.1 Å². The van der Waals surface area contributed by atoms with Crippen LogP contribution in [0.4, 0.5) is 10.1 Å². The average molecular weight is 393 g/mol. The summed E-state index contributed by atoms with van der Waals surface area (Å²) in [5.41, 5.74) is 6.17. The second-order valence-electron chi connectivity index (χ2n) is 6.31. The first-order valence-corrected chi connectivity index (χ1v) is 8.40. The van der Waals surface area contributed by atoms with E-state index >= 15 is 0 Å². The summed E-state index contributed by atoms with van der Waals surface area (Å²) in [6.45, 7) is 5.14. The molecule has 1 unspecified atom stereocenters. The van der Waals surface area contributed by atoms with Crippen LogP contribution in [0.15, 0.2) is 24.3 Å². The predicted molar refractivity (Wildman–Crippen MR) is 103 cm³/mol. The molecule has 0 radical (unpaired) electrons. The first-order valence-electron chi connectivity index (χ1n) is 8.40. The topological polar surface area (TPSA) is 52.8 Å². The fourth-order valence-electron chi connectivity index (χ4n) is 3.64. The standard InChI is InChI=1S/C17H25FN4O.2ClH/c18-15-5-1-2-6-16(15)21-10-8-20(9-11-21)14-4-3-7-22(13-14)17(23)12-19;;/h1-2,5-6,14H,3-4,7-13,19H2;2*1H. The quantitative estimate of drug-likeness (QED) is 0.850. The number of likely N-dealkylation sites (tertiary alicyclic amines) is 1. The number of piperazine rings is 1. The van der Waals surface area contributed by atoms with Gasteiger partial charge < -0.3 is 15.5 Å². The van der Waals surface area contributed by atoms with Gasteiger partial charge in [-0.3, -0.25) is 9.69 Å². The van der Waals surface area contributed by atoms with E-state index in [2.05, 4.69) is 9.80 Å². The molecule has 2 aliphatic rings. The van der Waals surface area contributed by atoms with Gasteiger partial charge in [-0.15, -0.1) is 24.8 Å². The van der Waals surface area contributed by atoms with Gasteiger partial charge in [-0.05, 0) is 25.0 Å². The van der Waals surface area contributed by atoms with Crippen LogP contribution in [0.2, 0.25) is 0 Å². The minimum absolute atomic E-state index is 0. The number of carbonyl (C=O) groups excluding carboxylic acids is 1.